The average Bonchev–Trinajstić information content (AvgIpc) is 2.84. The van der Waals surface area contributed by atoms with Gasteiger partial charge < -0.3 is 9.57 Å². The second kappa shape index (κ2) is 8.51. The molecule has 158 valence electrons. The Hall–Kier alpha value is -4.19. The Bertz CT molecular complexity index is 1320. The zero-order valence-electron chi connectivity index (χ0n) is 17.2. The van der Waals surface area contributed by atoms with Crippen LogP contribution in [0.2, 0.25) is 0 Å². The number of rotatable bonds is 5. The number of para-hydroxylation sites is 2. The molecule has 1 amide bonds. The lowest BCUT2D eigenvalue weighted by atomic mass is 10.0. The molecule has 1 aromatic heterocycles. The summed E-state index contributed by atoms with van der Waals surface area (Å²) in [7, 11) is 0. The number of nitrogens with zero attached hydrogens (tertiary/aromatic N) is 2. The molecule has 0 bridgehead atoms. The summed E-state index contributed by atoms with van der Waals surface area (Å²) < 4.78 is 5.85. The van der Waals surface area contributed by atoms with E-state index in [1.54, 1.807) is 30.3 Å². The summed E-state index contributed by atoms with van der Waals surface area (Å²) >= 11 is 0. The van der Waals surface area contributed by atoms with E-state index in [2.05, 4.69) is 4.98 Å². The van der Waals surface area contributed by atoms with E-state index >= 15 is 0 Å². The first-order chi connectivity index (χ1) is 15.7. The summed E-state index contributed by atoms with van der Waals surface area (Å²) in [6.07, 6.45) is 0.932. The van der Waals surface area contributed by atoms with Crippen LogP contribution in [-0.2, 0) is 22.7 Å². The largest absolute Gasteiger partial charge is 0.487 e. The van der Waals surface area contributed by atoms with Crippen molar-refractivity contribution in [3.8, 4) is 5.75 Å². The van der Waals surface area contributed by atoms with Crippen LogP contribution in [0.3, 0.4) is 0 Å². The molecular formula is C26H20N2O4. The molecule has 6 nitrogen and oxygen atoms in total. The number of hydroxylamine groups is 1. The van der Waals surface area contributed by atoms with Crippen LogP contribution in [-0.4, -0.2) is 16.9 Å². The highest BCUT2D eigenvalue weighted by Gasteiger charge is 2.28. The highest BCUT2D eigenvalue weighted by molar-refractivity contribution is 5.99. The third kappa shape index (κ3) is 4.03. The number of hydrogen-bond acceptors (Lipinski definition) is 5. The quantitative estimate of drug-likeness (QED) is 0.457. The van der Waals surface area contributed by atoms with Crippen molar-refractivity contribution in [3.05, 3.63) is 102 Å². The topological polar surface area (TPSA) is 68.7 Å². The number of ether oxygens (including phenoxy) is 1. The fraction of sp³-hybridized carbons (Fsp3) is 0.115. The Morgan fingerprint density at radius 2 is 1.75 bits per heavy atom. The maximum atomic E-state index is 12.8. The number of carbonyl (C=O) groups is 2. The monoisotopic (exact) mass is 424 g/mol. The molecule has 1 aliphatic heterocycles. The predicted octanol–water partition coefficient (Wildman–Crippen LogP) is 4.87. The second-order valence-electron chi connectivity index (χ2n) is 7.51. The Labute approximate surface area is 185 Å². The van der Waals surface area contributed by atoms with Crippen molar-refractivity contribution in [1.29, 1.82) is 0 Å². The van der Waals surface area contributed by atoms with E-state index in [9.17, 15) is 9.59 Å². The maximum absolute atomic E-state index is 12.8. The standard InChI is InChI=1S/C26H20N2O4/c29-25-15-13-19-7-2-4-11-24(19)28(25)32-26(30)20-8-5-9-22(16-20)31-17-21-14-12-18-6-1-3-10-23(18)27-21/h1-12,14,16H,13,15,17H2. The van der Waals surface area contributed by atoms with E-state index in [1.807, 2.05) is 54.6 Å². The van der Waals surface area contributed by atoms with Gasteiger partial charge in [-0.15, -0.1) is 5.06 Å². The molecule has 0 spiro atoms. The lowest BCUT2D eigenvalue weighted by molar-refractivity contribution is -0.124. The van der Waals surface area contributed by atoms with Crippen molar-refractivity contribution in [1.82, 2.24) is 4.98 Å². The van der Waals surface area contributed by atoms with Gasteiger partial charge in [-0.2, -0.15) is 0 Å². The van der Waals surface area contributed by atoms with Crippen LogP contribution in [0.5, 0.6) is 5.75 Å². The lowest BCUT2D eigenvalue weighted by Crippen LogP contribution is -2.37. The minimum atomic E-state index is -0.621. The molecule has 0 saturated heterocycles. The molecular weight excluding hydrogens is 404 g/mol. The zero-order valence-corrected chi connectivity index (χ0v) is 17.2. The Kier molecular flexibility index (Phi) is 5.25. The first-order valence-corrected chi connectivity index (χ1v) is 10.4. The first kappa shape index (κ1) is 19.8. The molecule has 5 rings (SSSR count). The SMILES string of the molecule is O=C(ON1C(=O)CCc2ccccc21)c1cccc(OCc2ccc3ccccc3n2)c1. The minimum absolute atomic E-state index is 0.244. The van der Waals surface area contributed by atoms with E-state index in [4.69, 9.17) is 9.57 Å². The van der Waals surface area contributed by atoms with Crippen molar-refractivity contribution in [2.75, 3.05) is 5.06 Å². The number of hydrogen-bond donors (Lipinski definition) is 0. The van der Waals surface area contributed by atoms with Gasteiger partial charge in [-0.05, 0) is 48.4 Å². The fourth-order valence-electron chi connectivity index (χ4n) is 3.69. The van der Waals surface area contributed by atoms with Crippen LogP contribution in [0.15, 0.2) is 84.9 Å². The third-order valence-corrected chi connectivity index (χ3v) is 5.33. The molecule has 3 aromatic carbocycles. The Morgan fingerprint density at radius 3 is 2.69 bits per heavy atom. The molecule has 0 fully saturated rings. The smallest absolute Gasteiger partial charge is 0.363 e. The molecule has 6 heteroatoms. The normalized spacial score (nSPS) is 13.0. The summed E-state index contributed by atoms with van der Waals surface area (Å²) in [4.78, 5) is 35.2. The molecule has 0 radical (unpaired) electrons. The van der Waals surface area contributed by atoms with Gasteiger partial charge in [-0.1, -0.05) is 48.5 Å². The van der Waals surface area contributed by atoms with Crippen LogP contribution in [0, 0.1) is 0 Å². The number of aromatic nitrogens is 1. The van der Waals surface area contributed by atoms with Crippen molar-refractivity contribution in [2.24, 2.45) is 0 Å². The number of pyridine rings is 1. The number of benzene rings is 3. The van der Waals surface area contributed by atoms with Crippen LogP contribution in [0.1, 0.15) is 28.0 Å². The molecule has 0 N–H and O–H groups in total. The molecule has 2 heterocycles. The van der Waals surface area contributed by atoms with Crippen molar-refractivity contribution >= 4 is 28.5 Å². The molecule has 32 heavy (non-hydrogen) atoms. The van der Waals surface area contributed by atoms with Crippen molar-refractivity contribution in [3.63, 3.8) is 0 Å². The minimum Gasteiger partial charge on any atom is -0.487 e. The van der Waals surface area contributed by atoms with Gasteiger partial charge in [0.05, 0.1) is 22.5 Å². The van der Waals surface area contributed by atoms with Crippen molar-refractivity contribution < 1.29 is 19.2 Å². The summed E-state index contributed by atoms with van der Waals surface area (Å²) in [6, 6.07) is 25.9. The Morgan fingerprint density at radius 1 is 0.906 bits per heavy atom. The van der Waals surface area contributed by atoms with Crippen molar-refractivity contribution in [2.45, 2.75) is 19.4 Å². The zero-order chi connectivity index (χ0) is 21.9. The lowest BCUT2D eigenvalue weighted by Gasteiger charge is -2.27. The van der Waals surface area contributed by atoms with Gasteiger partial charge in [0.2, 0.25) is 0 Å². The van der Waals surface area contributed by atoms with E-state index in [0.29, 0.717) is 29.8 Å². The average molecular weight is 424 g/mol. The number of amides is 1. The highest BCUT2D eigenvalue weighted by atomic mass is 16.7. The van der Waals surface area contributed by atoms with Gasteiger partial charge in [0.1, 0.15) is 12.4 Å². The Balaban J connectivity index is 1.29. The molecule has 4 aromatic rings. The van der Waals surface area contributed by atoms with Crippen LogP contribution >= 0.6 is 0 Å². The number of aryl methyl sites for hydroxylation is 1. The molecule has 0 saturated carbocycles. The molecule has 0 unspecified atom stereocenters. The van der Waals surface area contributed by atoms with E-state index in [1.165, 1.54) is 0 Å². The fourth-order valence-corrected chi connectivity index (χ4v) is 3.69. The van der Waals surface area contributed by atoms with Crippen LogP contribution in [0.25, 0.3) is 10.9 Å². The van der Waals surface area contributed by atoms with E-state index in [0.717, 1.165) is 27.2 Å². The first-order valence-electron chi connectivity index (χ1n) is 10.4. The predicted molar refractivity (Wildman–Crippen MR) is 120 cm³/mol. The summed E-state index contributed by atoms with van der Waals surface area (Å²) in [6.45, 7) is 0.265. The molecule has 1 aliphatic rings. The van der Waals surface area contributed by atoms with Gasteiger partial charge >= 0.3 is 5.97 Å². The second-order valence-corrected chi connectivity index (χ2v) is 7.51. The maximum Gasteiger partial charge on any atom is 0.363 e. The number of carbonyl (C=O) groups excluding carboxylic acids is 2. The van der Waals surface area contributed by atoms with Gasteiger partial charge in [0, 0.05) is 11.8 Å². The third-order valence-electron chi connectivity index (χ3n) is 5.33. The molecule has 0 aliphatic carbocycles. The van der Waals surface area contributed by atoms with E-state index < -0.39 is 5.97 Å². The summed E-state index contributed by atoms with van der Waals surface area (Å²) in [5.74, 6) is -0.351. The summed E-state index contributed by atoms with van der Waals surface area (Å²) in [5.41, 5.74) is 3.56. The summed E-state index contributed by atoms with van der Waals surface area (Å²) in [5, 5.41) is 2.16. The number of anilines is 1. The van der Waals surface area contributed by atoms with Crippen LogP contribution in [0.4, 0.5) is 5.69 Å². The van der Waals surface area contributed by atoms with Gasteiger partial charge in [0.15, 0.2) is 0 Å². The van der Waals surface area contributed by atoms with Gasteiger partial charge in [-0.25, -0.2) is 9.78 Å². The molecule has 0 atom stereocenters. The van der Waals surface area contributed by atoms with Gasteiger partial charge in [-0.3, -0.25) is 4.79 Å². The van der Waals surface area contributed by atoms with Crippen LogP contribution < -0.4 is 9.80 Å². The van der Waals surface area contributed by atoms with Gasteiger partial charge in [0.25, 0.3) is 5.91 Å². The van der Waals surface area contributed by atoms with E-state index in [-0.39, 0.29) is 12.5 Å². The number of fused-ring (bicyclic) bond motifs is 2. The highest BCUT2D eigenvalue weighted by Crippen LogP contribution is 2.28.